The van der Waals surface area contributed by atoms with E-state index in [1.54, 1.807) is 12.1 Å². The number of hydrogen-bond acceptors (Lipinski definition) is 3. The predicted molar refractivity (Wildman–Crippen MR) is 60.1 cm³/mol. The number of pyridine rings is 1. The molecule has 0 aliphatic carbocycles. The molecule has 0 aliphatic rings. The van der Waals surface area contributed by atoms with Gasteiger partial charge < -0.3 is 0 Å². The Morgan fingerprint density at radius 2 is 1.94 bits per heavy atom. The van der Waals surface area contributed by atoms with E-state index < -0.39 is 15.1 Å². The van der Waals surface area contributed by atoms with Crippen LogP contribution in [0.15, 0.2) is 29.3 Å². The Hall–Kier alpha value is -0.910. The third-order valence-corrected chi connectivity index (χ3v) is 3.58. The fourth-order valence-electron chi connectivity index (χ4n) is 1.28. The van der Waals surface area contributed by atoms with Crippen LogP contribution < -0.4 is 0 Å². The van der Waals surface area contributed by atoms with Crippen molar-refractivity contribution in [2.24, 2.45) is 0 Å². The molecule has 84 valence electrons. The Labute approximate surface area is 101 Å². The third-order valence-electron chi connectivity index (χ3n) is 1.99. The highest BCUT2D eigenvalue weighted by atomic mass is 35.5. The lowest BCUT2D eigenvalue weighted by molar-refractivity contribution is 0.552. The van der Waals surface area contributed by atoms with E-state index in [1.807, 2.05) is 0 Å². The lowest BCUT2D eigenvalue weighted by Gasteiger charge is -2.03. The van der Waals surface area contributed by atoms with E-state index in [-0.39, 0.29) is 5.02 Å². The van der Waals surface area contributed by atoms with Crippen molar-refractivity contribution in [3.63, 3.8) is 0 Å². The molecule has 0 spiro atoms. The van der Waals surface area contributed by atoms with E-state index in [2.05, 4.69) is 4.98 Å². The molecule has 2 rings (SSSR count). The topological polar surface area (TPSA) is 47.0 Å². The average molecular weight is 280 g/mol. The van der Waals surface area contributed by atoms with E-state index >= 15 is 0 Å². The van der Waals surface area contributed by atoms with Crippen LogP contribution in [-0.4, -0.2) is 13.4 Å². The van der Waals surface area contributed by atoms with Gasteiger partial charge in [-0.3, -0.25) is 4.98 Å². The zero-order valence-corrected chi connectivity index (χ0v) is 9.94. The molecule has 7 heteroatoms. The van der Waals surface area contributed by atoms with Gasteiger partial charge in [0.25, 0.3) is 0 Å². The minimum atomic E-state index is -4.88. The van der Waals surface area contributed by atoms with Crippen LogP contribution in [0.3, 0.4) is 0 Å². The van der Waals surface area contributed by atoms with Gasteiger partial charge in [0.05, 0.1) is 16.7 Å². The normalized spacial score (nSPS) is 11.9. The standard InChI is InChI=1S/C9H4Cl2FNO2S/c10-5-1-2-7-6(3-5)9(11)8(4-13-7)16(12,14)15/h1-4H. The smallest absolute Gasteiger partial charge is 0.255 e. The van der Waals surface area contributed by atoms with Crippen molar-refractivity contribution in [3.8, 4) is 0 Å². The number of fused-ring (bicyclic) bond motifs is 1. The van der Waals surface area contributed by atoms with Gasteiger partial charge in [0.2, 0.25) is 0 Å². The SMILES string of the molecule is O=S(=O)(F)c1cnc2ccc(Cl)cc2c1Cl. The van der Waals surface area contributed by atoms with Gasteiger partial charge in [0.1, 0.15) is 4.90 Å². The summed E-state index contributed by atoms with van der Waals surface area (Å²) in [5.41, 5.74) is 0.446. The molecule has 0 fully saturated rings. The van der Waals surface area contributed by atoms with E-state index in [1.165, 1.54) is 6.07 Å². The van der Waals surface area contributed by atoms with Crippen molar-refractivity contribution < 1.29 is 12.3 Å². The number of halogens is 3. The number of hydrogen-bond donors (Lipinski definition) is 0. The molecule has 0 bridgehead atoms. The first-order valence-electron chi connectivity index (χ1n) is 4.08. The Kier molecular flexibility index (Phi) is 2.77. The van der Waals surface area contributed by atoms with Crippen molar-refractivity contribution in [3.05, 3.63) is 34.4 Å². The molecule has 1 aromatic heterocycles. The van der Waals surface area contributed by atoms with Crippen LogP contribution in [0.4, 0.5) is 3.89 Å². The number of benzene rings is 1. The third kappa shape index (κ3) is 1.98. The molecular formula is C9H4Cl2FNO2S. The molecule has 0 aliphatic heterocycles. The Morgan fingerprint density at radius 3 is 2.56 bits per heavy atom. The molecule has 0 saturated carbocycles. The molecule has 0 amide bonds. The summed E-state index contributed by atoms with van der Waals surface area (Å²) >= 11 is 11.5. The van der Waals surface area contributed by atoms with Gasteiger partial charge in [-0.1, -0.05) is 23.2 Å². The molecular weight excluding hydrogens is 276 g/mol. The van der Waals surface area contributed by atoms with Gasteiger partial charge in [0.15, 0.2) is 0 Å². The molecule has 3 nitrogen and oxygen atoms in total. The summed E-state index contributed by atoms with van der Waals surface area (Å²) in [6, 6.07) is 4.58. The van der Waals surface area contributed by atoms with Gasteiger partial charge in [-0.15, -0.1) is 3.89 Å². The van der Waals surface area contributed by atoms with Gasteiger partial charge in [-0.25, -0.2) is 0 Å². The van der Waals surface area contributed by atoms with E-state index in [0.29, 0.717) is 15.9 Å². The van der Waals surface area contributed by atoms with Gasteiger partial charge in [-0.2, -0.15) is 8.42 Å². The zero-order chi connectivity index (χ0) is 11.9. The summed E-state index contributed by atoms with van der Waals surface area (Å²) in [5, 5.41) is 0.451. The Bertz CT molecular complexity index is 673. The molecule has 2 aromatic rings. The molecule has 0 atom stereocenters. The fraction of sp³-hybridized carbons (Fsp3) is 0. The van der Waals surface area contributed by atoms with Gasteiger partial charge in [-0.05, 0) is 18.2 Å². The van der Waals surface area contributed by atoms with Gasteiger partial charge >= 0.3 is 10.2 Å². The van der Waals surface area contributed by atoms with Crippen molar-refractivity contribution in [1.29, 1.82) is 0 Å². The van der Waals surface area contributed by atoms with Crippen LogP contribution in [0.25, 0.3) is 10.9 Å². The fourth-order valence-corrected chi connectivity index (χ4v) is 2.44. The van der Waals surface area contributed by atoms with Crippen molar-refractivity contribution in [2.45, 2.75) is 4.90 Å². The largest absolute Gasteiger partial charge is 0.335 e. The highest BCUT2D eigenvalue weighted by Crippen LogP contribution is 2.31. The lowest BCUT2D eigenvalue weighted by atomic mass is 10.2. The summed E-state index contributed by atoms with van der Waals surface area (Å²) in [5.74, 6) is 0. The maximum Gasteiger partial charge on any atom is 0.335 e. The van der Waals surface area contributed by atoms with Crippen molar-refractivity contribution in [1.82, 2.24) is 4.98 Å². The highest BCUT2D eigenvalue weighted by molar-refractivity contribution is 7.86. The van der Waals surface area contributed by atoms with Crippen LogP contribution in [0.2, 0.25) is 10.0 Å². The zero-order valence-electron chi connectivity index (χ0n) is 7.62. The minimum Gasteiger partial charge on any atom is -0.255 e. The number of nitrogens with zero attached hydrogens (tertiary/aromatic N) is 1. The lowest BCUT2D eigenvalue weighted by Crippen LogP contribution is -1.95. The maximum atomic E-state index is 12.8. The van der Waals surface area contributed by atoms with E-state index in [9.17, 15) is 12.3 Å². The quantitative estimate of drug-likeness (QED) is 0.753. The first kappa shape index (κ1) is 11.6. The van der Waals surface area contributed by atoms with Crippen molar-refractivity contribution in [2.75, 3.05) is 0 Å². The van der Waals surface area contributed by atoms with E-state index in [0.717, 1.165) is 6.20 Å². The van der Waals surface area contributed by atoms with Crippen LogP contribution in [-0.2, 0) is 10.2 Å². The monoisotopic (exact) mass is 279 g/mol. The molecule has 16 heavy (non-hydrogen) atoms. The Balaban J connectivity index is 2.89. The summed E-state index contributed by atoms with van der Waals surface area (Å²) in [6.07, 6.45) is 0.883. The average Bonchev–Trinajstić information content (AvgIpc) is 2.17. The van der Waals surface area contributed by atoms with Crippen LogP contribution in [0.5, 0.6) is 0 Å². The molecule has 0 radical (unpaired) electrons. The number of aromatic nitrogens is 1. The van der Waals surface area contributed by atoms with Crippen LogP contribution in [0, 0.1) is 0 Å². The second-order valence-corrected chi connectivity index (χ2v) is 5.17. The Morgan fingerprint density at radius 1 is 1.25 bits per heavy atom. The molecule has 1 aromatic carbocycles. The second kappa shape index (κ2) is 3.84. The summed E-state index contributed by atoms with van der Waals surface area (Å²) in [4.78, 5) is 3.14. The molecule has 1 heterocycles. The second-order valence-electron chi connectivity index (χ2n) is 3.04. The van der Waals surface area contributed by atoms with Crippen LogP contribution >= 0.6 is 23.2 Å². The number of rotatable bonds is 1. The molecule has 0 unspecified atom stereocenters. The highest BCUT2D eigenvalue weighted by Gasteiger charge is 2.19. The summed E-state index contributed by atoms with van der Waals surface area (Å²) in [6.45, 7) is 0. The van der Waals surface area contributed by atoms with Gasteiger partial charge in [0, 0.05) is 10.4 Å². The van der Waals surface area contributed by atoms with Crippen LogP contribution in [0.1, 0.15) is 0 Å². The predicted octanol–water partition coefficient (Wildman–Crippen LogP) is 3.20. The minimum absolute atomic E-state index is 0.213. The first-order valence-corrected chi connectivity index (χ1v) is 6.22. The molecule has 0 N–H and O–H groups in total. The summed E-state index contributed by atoms with van der Waals surface area (Å²) in [7, 11) is -4.88. The first-order chi connectivity index (χ1) is 7.39. The summed E-state index contributed by atoms with van der Waals surface area (Å²) < 4.78 is 34.3. The van der Waals surface area contributed by atoms with Crippen molar-refractivity contribution >= 4 is 44.3 Å². The van der Waals surface area contributed by atoms with E-state index in [4.69, 9.17) is 23.2 Å². The maximum absolute atomic E-state index is 12.8. The molecule has 0 saturated heterocycles.